The zero-order valence-corrected chi connectivity index (χ0v) is 18.3. The van der Waals surface area contributed by atoms with E-state index in [1.807, 2.05) is 17.0 Å². The zero-order chi connectivity index (χ0) is 21.4. The summed E-state index contributed by atoms with van der Waals surface area (Å²) in [7, 11) is 0. The third kappa shape index (κ3) is 5.97. The number of hydrogen-bond acceptors (Lipinski definition) is 2. The Balaban J connectivity index is 0.000000941. The maximum atomic E-state index is 12.1. The highest BCUT2D eigenvalue weighted by Crippen LogP contribution is 2.39. The van der Waals surface area contributed by atoms with Crippen LogP contribution in [0.1, 0.15) is 47.9 Å². The van der Waals surface area contributed by atoms with E-state index in [0.717, 1.165) is 44.1 Å². The maximum absolute atomic E-state index is 12.1. The number of carboxylic acid groups (broad SMARTS) is 1. The first-order chi connectivity index (χ1) is 13.8. The Labute approximate surface area is 182 Å². The van der Waals surface area contributed by atoms with Gasteiger partial charge < -0.3 is 10.0 Å². The molecule has 0 aliphatic heterocycles. The average Bonchev–Trinajstić information content (AvgIpc) is 3.15. The Bertz CT molecular complexity index is 848. The summed E-state index contributed by atoms with van der Waals surface area (Å²) in [5.41, 5.74) is 4.79. The molecule has 0 aromatic heterocycles. The van der Waals surface area contributed by atoms with E-state index in [1.165, 1.54) is 16.7 Å². The molecule has 0 unspecified atom stereocenters. The lowest BCUT2D eigenvalue weighted by Gasteiger charge is -2.40. The van der Waals surface area contributed by atoms with Crippen molar-refractivity contribution >= 4 is 36.1 Å². The first kappa shape index (κ1) is 23.2. The molecule has 0 saturated heterocycles. The molecular formula is C23H27Cl2NO3. The maximum Gasteiger partial charge on any atom is 0.290 e. The van der Waals surface area contributed by atoms with Gasteiger partial charge in [0.25, 0.3) is 6.47 Å². The van der Waals surface area contributed by atoms with Gasteiger partial charge in [0.15, 0.2) is 0 Å². The number of amides is 1. The van der Waals surface area contributed by atoms with Crippen LogP contribution in [0.5, 0.6) is 0 Å². The zero-order valence-electron chi connectivity index (χ0n) is 16.8. The minimum absolute atomic E-state index is 0.119. The molecule has 1 amide bonds. The van der Waals surface area contributed by atoms with Gasteiger partial charge in [0, 0.05) is 12.1 Å². The van der Waals surface area contributed by atoms with Crippen LogP contribution in [0.25, 0.3) is 0 Å². The molecular weight excluding hydrogens is 409 g/mol. The van der Waals surface area contributed by atoms with Crippen LogP contribution in [-0.2, 0) is 22.6 Å². The number of carbonyl (C=O) groups excluding carboxylic acids is 1. The first-order valence-electron chi connectivity index (χ1n) is 9.65. The summed E-state index contributed by atoms with van der Waals surface area (Å²) in [5, 5.41) is 7.96. The third-order valence-corrected chi connectivity index (χ3v) is 6.37. The minimum atomic E-state index is -0.250. The number of carbonyl (C=O) groups is 2. The van der Waals surface area contributed by atoms with Gasteiger partial charge in [-0.1, -0.05) is 65.9 Å². The van der Waals surface area contributed by atoms with E-state index in [4.69, 9.17) is 33.1 Å². The second-order valence-electron chi connectivity index (χ2n) is 7.63. The van der Waals surface area contributed by atoms with Gasteiger partial charge in [0.1, 0.15) is 0 Å². The van der Waals surface area contributed by atoms with Crippen molar-refractivity contribution in [1.29, 1.82) is 0 Å². The molecule has 0 radical (unpaired) electrons. The molecule has 1 aliphatic carbocycles. The predicted octanol–water partition coefficient (Wildman–Crippen LogP) is 5.82. The lowest BCUT2D eigenvalue weighted by atomic mass is 9.85. The van der Waals surface area contributed by atoms with E-state index in [1.54, 1.807) is 6.07 Å². The summed E-state index contributed by atoms with van der Waals surface area (Å²) < 4.78 is 0. The van der Waals surface area contributed by atoms with E-state index in [2.05, 4.69) is 32.0 Å². The monoisotopic (exact) mass is 435 g/mol. The normalized spacial score (nSPS) is 14.6. The van der Waals surface area contributed by atoms with Gasteiger partial charge in [0.05, 0.1) is 10.0 Å². The van der Waals surface area contributed by atoms with Crippen LogP contribution in [0.4, 0.5) is 0 Å². The fourth-order valence-electron chi connectivity index (χ4n) is 4.10. The summed E-state index contributed by atoms with van der Waals surface area (Å²) in [6, 6.07) is 12.2. The molecule has 0 heterocycles. The number of rotatable bonds is 6. The highest BCUT2D eigenvalue weighted by atomic mass is 35.5. The number of halogens is 2. The van der Waals surface area contributed by atoms with Crippen LogP contribution < -0.4 is 0 Å². The lowest BCUT2D eigenvalue weighted by molar-refractivity contribution is -0.125. The Morgan fingerprint density at radius 2 is 1.69 bits per heavy atom. The molecule has 2 aromatic rings. The number of nitrogens with zero attached hydrogens (tertiary/aromatic N) is 1. The highest BCUT2D eigenvalue weighted by Gasteiger charge is 2.39. The van der Waals surface area contributed by atoms with Crippen LogP contribution >= 0.6 is 23.2 Å². The van der Waals surface area contributed by atoms with Gasteiger partial charge in [-0.3, -0.25) is 9.59 Å². The lowest BCUT2D eigenvalue weighted by Crippen LogP contribution is -2.47. The fourth-order valence-corrected chi connectivity index (χ4v) is 4.42. The van der Waals surface area contributed by atoms with Crippen molar-refractivity contribution in [3.8, 4) is 0 Å². The Morgan fingerprint density at radius 3 is 2.28 bits per heavy atom. The molecule has 2 aromatic carbocycles. The van der Waals surface area contributed by atoms with Crippen molar-refractivity contribution in [3.05, 3.63) is 68.7 Å². The molecule has 1 saturated carbocycles. The molecule has 1 aliphatic rings. The van der Waals surface area contributed by atoms with Crippen LogP contribution in [-0.4, -0.2) is 28.4 Å². The van der Waals surface area contributed by atoms with Crippen molar-refractivity contribution in [2.75, 3.05) is 0 Å². The Kier molecular flexibility index (Phi) is 8.54. The molecule has 0 atom stereocenters. The van der Waals surface area contributed by atoms with Gasteiger partial charge in [-0.15, -0.1) is 0 Å². The van der Waals surface area contributed by atoms with E-state index < -0.39 is 0 Å². The quantitative estimate of drug-likeness (QED) is 0.580. The van der Waals surface area contributed by atoms with E-state index in [9.17, 15) is 4.79 Å². The molecule has 156 valence electrons. The first-order valence-corrected chi connectivity index (χ1v) is 10.4. The second kappa shape index (κ2) is 10.7. The standard InChI is InChI=1S/C22H25Cl2NO.CH2O2/c1-16-5-6-17(2)19(11-16)13-22(9-3-4-10-22)25(15-26)14-18-7-8-20(23)21(24)12-18;2-1-3/h5-8,11-12,15H,3-4,9-10,13-14H2,1-2H3;1H,(H,2,3). The molecule has 1 fully saturated rings. The number of benzene rings is 2. The van der Waals surface area contributed by atoms with Crippen LogP contribution in [0.2, 0.25) is 10.0 Å². The van der Waals surface area contributed by atoms with Gasteiger partial charge >= 0.3 is 0 Å². The van der Waals surface area contributed by atoms with Crippen LogP contribution in [0.15, 0.2) is 36.4 Å². The van der Waals surface area contributed by atoms with Gasteiger partial charge in [-0.2, -0.15) is 0 Å². The summed E-state index contributed by atoms with van der Waals surface area (Å²) >= 11 is 12.2. The van der Waals surface area contributed by atoms with E-state index in [0.29, 0.717) is 16.6 Å². The van der Waals surface area contributed by atoms with Crippen molar-refractivity contribution in [3.63, 3.8) is 0 Å². The van der Waals surface area contributed by atoms with E-state index >= 15 is 0 Å². The molecule has 1 N–H and O–H groups in total. The van der Waals surface area contributed by atoms with Crippen molar-refractivity contribution in [2.45, 2.75) is 58.0 Å². The van der Waals surface area contributed by atoms with E-state index in [-0.39, 0.29) is 12.0 Å². The third-order valence-electron chi connectivity index (χ3n) is 5.63. The summed E-state index contributed by atoms with van der Waals surface area (Å²) in [6.45, 7) is 4.59. The molecule has 6 heteroatoms. The SMILES string of the molecule is Cc1ccc(C)c(CC2(N(C=O)Cc3ccc(Cl)c(Cl)c3)CCCC2)c1.O=CO. The summed E-state index contributed by atoms with van der Waals surface area (Å²) in [5.74, 6) is 0. The minimum Gasteiger partial charge on any atom is -0.483 e. The van der Waals surface area contributed by atoms with Crippen molar-refractivity contribution in [1.82, 2.24) is 4.90 Å². The summed E-state index contributed by atoms with van der Waals surface area (Å²) in [4.78, 5) is 22.4. The molecule has 3 rings (SSSR count). The van der Waals surface area contributed by atoms with Gasteiger partial charge in [-0.25, -0.2) is 0 Å². The molecule has 4 nitrogen and oxygen atoms in total. The smallest absolute Gasteiger partial charge is 0.290 e. The second-order valence-corrected chi connectivity index (χ2v) is 8.44. The highest BCUT2D eigenvalue weighted by molar-refractivity contribution is 6.42. The Morgan fingerprint density at radius 1 is 1.03 bits per heavy atom. The van der Waals surface area contributed by atoms with Crippen LogP contribution in [0.3, 0.4) is 0 Å². The topological polar surface area (TPSA) is 57.6 Å². The van der Waals surface area contributed by atoms with Gasteiger partial charge in [-0.05, 0) is 61.9 Å². The number of aryl methyl sites for hydroxylation is 2. The van der Waals surface area contributed by atoms with Gasteiger partial charge in [0.2, 0.25) is 6.41 Å². The molecule has 29 heavy (non-hydrogen) atoms. The van der Waals surface area contributed by atoms with Crippen molar-refractivity contribution < 1.29 is 14.7 Å². The molecule has 0 spiro atoms. The number of hydrogen-bond donors (Lipinski definition) is 1. The fraction of sp³-hybridized carbons (Fsp3) is 0.391. The summed E-state index contributed by atoms with van der Waals surface area (Å²) in [6.07, 6.45) is 6.33. The van der Waals surface area contributed by atoms with Crippen molar-refractivity contribution in [2.24, 2.45) is 0 Å². The largest absolute Gasteiger partial charge is 0.483 e. The Hall–Kier alpha value is -2.04. The van der Waals surface area contributed by atoms with Crippen LogP contribution in [0, 0.1) is 13.8 Å². The average molecular weight is 436 g/mol. The predicted molar refractivity (Wildman–Crippen MR) is 118 cm³/mol. The molecule has 0 bridgehead atoms.